The van der Waals surface area contributed by atoms with E-state index in [2.05, 4.69) is 18.3 Å². The maximum absolute atomic E-state index is 5.81. The molecule has 1 aliphatic carbocycles. The fourth-order valence-corrected chi connectivity index (χ4v) is 2.27. The highest BCUT2D eigenvalue weighted by molar-refractivity contribution is 5.12. The molecule has 16 heavy (non-hydrogen) atoms. The van der Waals surface area contributed by atoms with Crippen molar-refractivity contribution in [1.82, 2.24) is 5.32 Å². The number of methoxy groups -OCH3 is 1. The van der Waals surface area contributed by atoms with Gasteiger partial charge in [-0.2, -0.15) is 0 Å². The van der Waals surface area contributed by atoms with Crippen molar-refractivity contribution in [2.45, 2.75) is 38.8 Å². The van der Waals surface area contributed by atoms with Crippen LogP contribution in [0.25, 0.3) is 0 Å². The number of hydrogen-bond acceptors (Lipinski definition) is 3. The fourth-order valence-electron chi connectivity index (χ4n) is 2.27. The van der Waals surface area contributed by atoms with Crippen LogP contribution >= 0.6 is 0 Å². The largest absolute Gasteiger partial charge is 0.462 e. The Kier molecular flexibility index (Phi) is 4.02. The third-order valence-electron chi connectivity index (χ3n) is 3.32. The highest BCUT2D eigenvalue weighted by atomic mass is 16.5. The van der Waals surface area contributed by atoms with Crippen molar-refractivity contribution in [3.63, 3.8) is 0 Å². The first-order chi connectivity index (χ1) is 7.85. The van der Waals surface area contributed by atoms with Gasteiger partial charge in [-0.05, 0) is 37.4 Å². The summed E-state index contributed by atoms with van der Waals surface area (Å²) in [5, 5.41) is 3.52. The minimum atomic E-state index is 0.393. The SMILES string of the molecule is CCNC(c1ccc(COC)o1)C1CCC1. The van der Waals surface area contributed by atoms with E-state index in [0.29, 0.717) is 12.6 Å². The molecule has 0 saturated heterocycles. The molecule has 1 aliphatic rings. The molecule has 1 aromatic heterocycles. The van der Waals surface area contributed by atoms with E-state index in [9.17, 15) is 0 Å². The first-order valence-electron chi connectivity index (χ1n) is 6.16. The first-order valence-corrected chi connectivity index (χ1v) is 6.16. The van der Waals surface area contributed by atoms with Crippen molar-refractivity contribution in [2.75, 3.05) is 13.7 Å². The van der Waals surface area contributed by atoms with Crippen LogP contribution in [0.2, 0.25) is 0 Å². The minimum absolute atomic E-state index is 0.393. The van der Waals surface area contributed by atoms with Crippen LogP contribution in [0, 0.1) is 5.92 Å². The fraction of sp³-hybridized carbons (Fsp3) is 0.692. The van der Waals surface area contributed by atoms with Crippen LogP contribution in [0.15, 0.2) is 16.5 Å². The smallest absolute Gasteiger partial charge is 0.129 e. The second kappa shape index (κ2) is 5.51. The molecule has 2 rings (SSSR count). The van der Waals surface area contributed by atoms with Gasteiger partial charge >= 0.3 is 0 Å². The molecule has 1 N–H and O–H groups in total. The maximum atomic E-state index is 5.81. The van der Waals surface area contributed by atoms with Gasteiger partial charge in [0.2, 0.25) is 0 Å². The summed E-state index contributed by atoms with van der Waals surface area (Å²) in [5.74, 6) is 2.74. The number of hydrogen-bond donors (Lipinski definition) is 1. The molecule has 1 unspecified atom stereocenters. The Morgan fingerprint density at radius 1 is 1.50 bits per heavy atom. The standard InChI is InChI=1S/C13H21NO2/c1-3-14-13(10-5-4-6-10)12-8-7-11(16-12)9-15-2/h7-8,10,13-14H,3-6,9H2,1-2H3. The van der Waals surface area contributed by atoms with Crippen LogP contribution in [0.5, 0.6) is 0 Å². The zero-order chi connectivity index (χ0) is 11.4. The first kappa shape index (κ1) is 11.7. The predicted molar refractivity (Wildman–Crippen MR) is 63.2 cm³/mol. The minimum Gasteiger partial charge on any atom is -0.462 e. The molecule has 0 radical (unpaired) electrons. The van der Waals surface area contributed by atoms with Crippen molar-refractivity contribution < 1.29 is 9.15 Å². The monoisotopic (exact) mass is 223 g/mol. The van der Waals surface area contributed by atoms with Crippen molar-refractivity contribution in [3.05, 3.63) is 23.7 Å². The Morgan fingerprint density at radius 3 is 2.88 bits per heavy atom. The molecule has 0 spiro atoms. The van der Waals surface area contributed by atoms with Crippen LogP contribution in [-0.4, -0.2) is 13.7 Å². The zero-order valence-corrected chi connectivity index (χ0v) is 10.2. The molecule has 3 nitrogen and oxygen atoms in total. The summed E-state index contributed by atoms with van der Waals surface area (Å²) in [7, 11) is 1.69. The van der Waals surface area contributed by atoms with Crippen LogP contribution < -0.4 is 5.32 Å². The van der Waals surface area contributed by atoms with Crippen molar-refractivity contribution in [2.24, 2.45) is 5.92 Å². The summed E-state index contributed by atoms with van der Waals surface area (Å²) in [5.41, 5.74) is 0. The lowest BCUT2D eigenvalue weighted by molar-refractivity contribution is 0.155. The van der Waals surface area contributed by atoms with Crippen molar-refractivity contribution in [3.8, 4) is 0 Å². The van der Waals surface area contributed by atoms with E-state index >= 15 is 0 Å². The van der Waals surface area contributed by atoms with Crippen molar-refractivity contribution >= 4 is 0 Å². The van der Waals surface area contributed by atoms with Gasteiger partial charge in [-0.3, -0.25) is 0 Å². The number of rotatable bonds is 6. The summed E-state index contributed by atoms with van der Waals surface area (Å²) >= 11 is 0. The van der Waals surface area contributed by atoms with Gasteiger partial charge in [-0.15, -0.1) is 0 Å². The third-order valence-corrected chi connectivity index (χ3v) is 3.32. The summed E-state index contributed by atoms with van der Waals surface area (Å²) in [4.78, 5) is 0. The number of ether oxygens (including phenoxy) is 1. The van der Waals surface area contributed by atoms with Crippen molar-refractivity contribution in [1.29, 1.82) is 0 Å². The van der Waals surface area contributed by atoms with E-state index in [0.717, 1.165) is 24.0 Å². The topological polar surface area (TPSA) is 34.4 Å². The van der Waals surface area contributed by atoms with Gasteiger partial charge in [0.05, 0.1) is 6.04 Å². The van der Waals surface area contributed by atoms with E-state index < -0.39 is 0 Å². The zero-order valence-electron chi connectivity index (χ0n) is 10.2. The van der Waals surface area contributed by atoms with Gasteiger partial charge in [0.25, 0.3) is 0 Å². The molecule has 0 bridgehead atoms. The van der Waals surface area contributed by atoms with Crippen LogP contribution in [0.3, 0.4) is 0 Å². The number of furan rings is 1. The summed E-state index contributed by atoms with van der Waals surface area (Å²) in [6.45, 7) is 3.69. The molecule has 0 aromatic carbocycles. The lowest BCUT2D eigenvalue weighted by Crippen LogP contribution is -2.31. The predicted octanol–water partition coefficient (Wildman–Crippen LogP) is 2.88. The van der Waals surface area contributed by atoms with Gasteiger partial charge in [-0.25, -0.2) is 0 Å². The molecule has 1 saturated carbocycles. The molecule has 1 aromatic rings. The van der Waals surface area contributed by atoms with E-state index in [1.807, 2.05) is 6.07 Å². The van der Waals surface area contributed by atoms with Gasteiger partial charge < -0.3 is 14.5 Å². The highest BCUT2D eigenvalue weighted by Crippen LogP contribution is 2.38. The average Bonchev–Trinajstić information content (AvgIpc) is 2.63. The van der Waals surface area contributed by atoms with E-state index in [1.54, 1.807) is 7.11 Å². The molecule has 3 heteroatoms. The Morgan fingerprint density at radius 2 is 2.31 bits per heavy atom. The molecule has 0 amide bonds. The van der Waals surface area contributed by atoms with Gasteiger partial charge in [0.15, 0.2) is 0 Å². The number of nitrogens with one attached hydrogen (secondary N) is 1. The van der Waals surface area contributed by atoms with Crippen LogP contribution in [0.4, 0.5) is 0 Å². The van der Waals surface area contributed by atoms with E-state index in [1.165, 1.54) is 19.3 Å². The van der Waals surface area contributed by atoms with Crippen LogP contribution in [-0.2, 0) is 11.3 Å². The van der Waals surface area contributed by atoms with Gasteiger partial charge in [0, 0.05) is 7.11 Å². The molecule has 1 fully saturated rings. The Bertz CT molecular complexity index is 317. The Balaban J connectivity index is 2.04. The van der Waals surface area contributed by atoms with Gasteiger partial charge in [0.1, 0.15) is 18.1 Å². The van der Waals surface area contributed by atoms with E-state index in [4.69, 9.17) is 9.15 Å². The average molecular weight is 223 g/mol. The summed E-state index contributed by atoms with van der Waals surface area (Å²) < 4.78 is 10.9. The molecular formula is C13H21NO2. The summed E-state index contributed by atoms with van der Waals surface area (Å²) in [6, 6.07) is 4.49. The molecule has 1 atom stereocenters. The second-order valence-electron chi connectivity index (χ2n) is 4.46. The molecule has 90 valence electrons. The molecular weight excluding hydrogens is 202 g/mol. The summed E-state index contributed by atoms with van der Waals surface area (Å²) in [6.07, 6.45) is 3.99. The third kappa shape index (κ3) is 2.47. The molecule has 1 heterocycles. The molecule has 0 aliphatic heterocycles. The highest BCUT2D eigenvalue weighted by Gasteiger charge is 2.29. The Labute approximate surface area is 97.2 Å². The maximum Gasteiger partial charge on any atom is 0.129 e. The normalized spacial score (nSPS) is 18.4. The lowest BCUT2D eigenvalue weighted by Gasteiger charge is -2.33. The van der Waals surface area contributed by atoms with E-state index in [-0.39, 0.29) is 0 Å². The van der Waals surface area contributed by atoms with Crippen LogP contribution in [0.1, 0.15) is 43.7 Å². The Hall–Kier alpha value is -0.800. The quantitative estimate of drug-likeness (QED) is 0.805. The lowest BCUT2D eigenvalue weighted by atomic mass is 9.79. The second-order valence-corrected chi connectivity index (χ2v) is 4.46. The van der Waals surface area contributed by atoms with Gasteiger partial charge in [-0.1, -0.05) is 13.3 Å².